The average molecular weight is 518 g/mol. The normalized spacial score (nSPS) is 17.4. The van der Waals surface area contributed by atoms with Crippen molar-refractivity contribution >= 4 is 50.6 Å². The molecule has 0 aliphatic carbocycles. The van der Waals surface area contributed by atoms with Gasteiger partial charge in [0.15, 0.2) is 0 Å². The summed E-state index contributed by atoms with van der Waals surface area (Å²) in [6, 6.07) is 3.73. The number of carbonyl (C=O) groups is 3. The molecule has 192 valence electrons. The van der Waals surface area contributed by atoms with Crippen LogP contribution in [0.3, 0.4) is 0 Å². The Bertz CT molecular complexity index is 1410. The summed E-state index contributed by atoms with van der Waals surface area (Å²) in [7, 11) is 0. The number of anilines is 2. The lowest BCUT2D eigenvalue weighted by atomic mass is 9.99. The highest BCUT2D eigenvalue weighted by atomic mass is 32.1. The molecule has 5 rings (SSSR count). The predicted molar refractivity (Wildman–Crippen MR) is 145 cm³/mol. The molecular formula is C28H31N5O3S. The SMILES string of the molecule is C=CC(=O)N1CCC[C@@H](NC(=O)c2sc3nccc4c3c2CC(=O)N4c2cnc(CC(C)C)cc2C)C1. The first-order chi connectivity index (χ1) is 17.8. The van der Waals surface area contributed by atoms with Gasteiger partial charge in [0.05, 0.1) is 28.9 Å². The number of piperidine rings is 1. The number of pyridine rings is 2. The van der Waals surface area contributed by atoms with Gasteiger partial charge in [-0.1, -0.05) is 20.4 Å². The molecule has 0 radical (unpaired) electrons. The molecule has 1 fully saturated rings. The molecule has 1 saturated heterocycles. The number of aromatic nitrogens is 2. The summed E-state index contributed by atoms with van der Waals surface area (Å²) >= 11 is 1.31. The molecule has 3 aromatic heterocycles. The number of hydrogen-bond acceptors (Lipinski definition) is 6. The number of hydrogen-bond donors (Lipinski definition) is 1. The van der Waals surface area contributed by atoms with Gasteiger partial charge in [-0.3, -0.25) is 24.3 Å². The van der Waals surface area contributed by atoms with Crippen molar-refractivity contribution in [2.45, 2.75) is 52.5 Å². The summed E-state index contributed by atoms with van der Waals surface area (Å²) < 4.78 is 0. The van der Waals surface area contributed by atoms with E-state index < -0.39 is 0 Å². The topological polar surface area (TPSA) is 95.5 Å². The van der Waals surface area contributed by atoms with Gasteiger partial charge >= 0.3 is 0 Å². The van der Waals surface area contributed by atoms with Crippen molar-refractivity contribution in [3.63, 3.8) is 0 Å². The molecule has 37 heavy (non-hydrogen) atoms. The zero-order chi connectivity index (χ0) is 26.3. The lowest BCUT2D eigenvalue weighted by molar-refractivity contribution is -0.127. The maximum atomic E-state index is 13.5. The monoisotopic (exact) mass is 517 g/mol. The summed E-state index contributed by atoms with van der Waals surface area (Å²) in [4.78, 5) is 52.8. The minimum Gasteiger partial charge on any atom is -0.347 e. The van der Waals surface area contributed by atoms with Gasteiger partial charge in [-0.05, 0) is 61.4 Å². The van der Waals surface area contributed by atoms with Crippen LogP contribution in [0.5, 0.6) is 0 Å². The molecule has 3 aromatic rings. The molecule has 2 aliphatic heterocycles. The van der Waals surface area contributed by atoms with Gasteiger partial charge in [0, 0.05) is 36.4 Å². The van der Waals surface area contributed by atoms with Crippen LogP contribution in [-0.2, 0) is 22.4 Å². The van der Waals surface area contributed by atoms with Gasteiger partial charge in [0.2, 0.25) is 11.8 Å². The van der Waals surface area contributed by atoms with E-state index >= 15 is 0 Å². The summed E-state index contributed by atoms with van der Waals surface area (Å²) in [5, 5.41) is 3.94. The largest absolute Gasteiger partial charge is 0.347 e. The number of rotatable bonds is 6. The van der Waals surface area contributed by atoms with Crippen molar-refractivity contribution in [2.75, 3.05) is 18.0 Å². The van der Waals surface area contributed by atoms with Crippen LogP contribution in [0, 0.1) is 12.8 Å². The third kappa shape index (κ3) is 4.75. The van der Waals surface area contributed by atoms with E-state index in [4.69, 9.17) is 0 Å². The second kappa shape index (κ2) is 10.0. The van der Waals surface area contributed by atoms with E-state index in [0.29, 0.717) is 23.9 Å². The zero-order valence-electron chi connectivity index (χ0n) is 21.4. The maximum absolute atomic E-state index is 13.5. The molecular weight excluding hydrogens is 486 g/mol. The van der Waals surface area contributed by atoms with Gasteiger partial charge in [0.1, 0.15) is 4.83 Å². The van der Waals surface area contributed by atoms with Crippen molar-refractivity contribution in [1.29, 1.82) is 0 Å². The number of nitrogens with zero attached hydrogens (tertiary/aromatic N) is 4. The van der Waals surface area contributed by atoms with Crippen molar-refractivity contribution in [3.05, 3.63) is 58.9 Å². The van der Waals surface area contributed by atoms with Crippen molar-refractivity contribution in [2.24, 2.45) is 5.92 Å². The van der Waals surface area contributed by atoms with Crippen LogP contribution in [-0.4, -0.2) is 51.7 Å². The van der Waals surface area contributed by atoms with Crippen LogP contribution in [0.4, 0.5) is 11.4 Å². The Balaban J connectivity index is 1.46. The summed E-state index contributed by atoms with van der Waals surface area (Å²) in [5.74, 6) is 0.0390. The van der Waals surface area contributed by atoms with Gasteiger partial charge < -0.3 is 10.2 Å². The highest BCUT2D eigenvalue weighted by molar-refractivity contribution is 7.20. The Labute approximate surface area is 220 Å². The highest BCUT2D eigenvalue weighted by Crippen LogP contribution is 2.43. The van der Waals surface area contributed by atoms with Crippen LogP contribution < -0.4 is 10.2 Å². The molecule has 0 aromatic carbocycles. The Hall–Kier alpha value is -3.59. The zero-order valence-corrected chi connectivity index (χ0v) is 22.2. The fourth-order valence-electron chi connectivity index (χ4n) is 5.28. The number of amides is 3. The van der Waals surface area contributed by atoms with E-state index in [9.17, 15) is 14.4 Å². The summed E-state index contributed by atoms with van der Waals surface area (Å²) in [5.41, 5.74) is 4.19. The Kier molecular flexibility index (Phi) is 6.81. The van der Waals surface area contributed by atoms with E-state index in [0.717, 1.165) is 57.7 Å². The third-order valence-corrected chi connectivity index (χ3v) is 8.07. The van der Waals surface area contributed by atoms with Gasteiger partial charge in [-0.2, -0.15) is 0 Å². The standard InChI is InChI=1S/C28H31N5O3S/c1-5-23(34)32-10-6-7-18(15-32)31-27(36)26-20-13-24(35)33(21-8-9-29-28(37-26)25(20)21)22-14-30-19(11-16(2)3)12-17(22)4/h5,8-9,12,14,16,18H,1,6-7,10-11,13,15H2,2-4H3,(H,31,36)/t18-/m1/s1. The van der Waals surface area contributed by atoms with Crippen LogP contribution >= 0.6 is 11.3 Å². The Morgan fingerprint density at radius 3 is 2.84 bits per heavy atom. The fraction of sp³-hybridized carbons (Fsp3) is 0.393. The third-order valence-electron chi connectivity index (χ3n) is 6.93. The van der Waals surface area contributed by atoms with Crippen molar-refractivity contribution < 1.29 is 14.4 Å². The Morgan fingerprint density at radius 2 is 2.11 bits per heavy atom. The van der Waals surface area contributed by atoms with E-state index in [2.05, 4.69) is 35.7 Å². The second-order valence-electron chi connectivity index (χ2n) is 10.2. The summed E-state index contributed by atoms with van der Waals surface area (Å²) in [6.45, 7) is 11.0. The van der Waals surface area contributed by atoms with Crippen LogP contribution in [0.2, 0.25) is 0 Å². The van der Waals surface area contributed by atoms with E-state index in [1.807, 2.05) is 19.1 Å². The van der Waals surface area contributed by atoms with Crippen molar-refractivity contribution in [3.8, 4) is 0 Å². The molecule has 8 nitrogen and oxygen atoms in total. The average Bonchev–Trinajstić information content (AvgIpc) is 3.24. The first kappa shape index (κ1) is 25.1. The second-order valence-corrected chi connectivity index (χ2v) is 11.2. The summed E-state index contributed by atoms with van der Waals surface area (Å²) in [6.07, 6.45) is 7.36. The molecule has 0 bridgehead atoms. The molecule has 1 atom stereocenters. The smallest absolute Gasteiger partial charge is 0.262 e. The lowest BCUT2D eigenvalue weighted by Gasteiger charge is -2.32. The first-order valence-corrected chi connectivity index (χ1v) is 13.5. The highest BCUT2D eigenvalue weighted by Gasteiger charge is 2.34. The molecule has 5 heterocycles. The minimum absolute atomic E-state index is 0.102. The molecule has 0 saturated carbocycles. The van der Waals surface area contributed by atoms with Gasteiger partial charge in [0.25, 0.3) is 5.91 Å². The number of likely N-dealkylation sites (tertiary alicyclic amines) is 1. The maximum Gasteiger partial charge on any atom is 0.262 e. The predicted octanol–water partition coefficient (Wildman–Crippen LogP) is 4.33. The van der Waals surface area contributed by atoms with Crippen LogP contribution in [0.1, 0.15) is 53.2 Å². The number of carbonyl (C=O) groups excluding carboxylic acids is 3. The Morgan fingerprint density at radius 1 is 1.30 bits per heavy atom. The van der Waals surface area contributed by atoms with Gasteiger partial charge in [-0.25, -0.2) is 4.98 Å². The van der Waals surface area contributed by atoms with Crippen LogP contribution in [0.15, 0.2) is 37.2 Å². The molecule has 2 aliphatic rings. The fourth-order valence-corrected chi connectivity index (χ4v) is 6.36. The molecule has 3 amide bonds. The van der Waals surface area contributed by atoms with E-state index in [1.165, 1.54) is 17.4 Å². The van der Waals surface area contributed by atoms with E-state index in [1.54, 1.807) is 22.2 Å². The lowest BCUT2D eigenvalue weighted by Crippen LogP contribution is -2.49. The van der Waals surface area contributed by atoms with Crippen LogP contribution in [0.25, 0.3) is 10.2 Å². The van der Waals surface area contributed by atoms with Gasteiger partial charge in [-0.15, -0.1) is 11.3 Å². The number of aryl methyl sites for hydroxylation is 1. The number of nitrogens with one attached hydrogen (secondary N) is 1. The minimum atomic E-state index is -0.223. The molecule has 0 unspecified atom stereocenters. The first-order valence-electron chi connectivity index (χ1n) is 12.7. The quantitative estimate of drug-likeness (QED) is 0.491. The van der Waals surface area contributed by atoms with Crippen molar-refractivity contribution in [1.82, 2.24) is 20.2 Å². The molecule has 9 heteroatoms. The van der Waals surface area contributed by atoms with E-state index in [-0.39, 0.29) is 30.2 Å². The molecule has 1 N–H and O–H groups in total. The molecule has 0 spiro atoms. The number of thiophene rings is 1.